The van der Waals surface area contributed by atoms with Crippen molar-refractivity contribution < 1.29 is 28.2 Å². The third-order valence-electron chi connectivity index (χ3n) is 3.10. The van der Waals surface area contributed by atoms with E-state index in [-0.39, 0.29) is 30.2 Å². The van der Waals surface area contributed by atoms with E-state index < -0.39 is 17.7 Å². The van der Waals surface area contributed by atoms with Crippen molar-refractivity contribution in [1.29, 1.82) is 0 Å². The van der Waals surface area contributed by atoms with Crippen molar-refractivity contribution in [3.8, 4) is 5.75 Å². The van der Waals surface area contributed by atoms with Crippen molar-refractivity contribution in [2.45, 2.75) is 20.4 Å². The molecule has 0 aliphatic heterocycles. The lowest BCUT2D eigenvalue weighted by molar-refractivity contribution is -0.123. The van der Waals surface area contributed by atoms with Gasteiger partial charge in [0.15, 0.2) is 18.2 Å². The summed E-state index contributed by atoms with van der Waals surface area (Å²) in [6, 6.07) is 5.71. The minimum Gasteiger partial charge on any atom is -0.481 e. The molecule has 0 bridgehead atoms. The number of aryl methyl sites for hydroxylation is 2. The molecular formula is C16H16FNO5. The zero-order valence-corrected chi connectivity index (χ0v) is 12.7. The number of rotatable bonds is 6. The summed E-state index contributed by atoms with van der Waals surface area (Å²) in [5.74, 6) is -1.54. The average Bonchev–Trinajstić information content (AvgIpc) is 2.87. The summed E-state index contributed by atoms with van der Waals surface area (Å²) in [5, 5.41) is 11.4. The highest BCUT2D eigenvalue weighted by atomic mass is 19.1. The number of benzene rings is 1. The molecule has 0 saturated carbocycles. The van der Waals surface area contributed by atoms with Gasteiger partial charge in [0, 0.05) is 0 Å². The summed E-state index contributed by atoms with van der Waals surface area (Å²) >= 11 is 0. The maximum atomic E-state index is 13.5. The normalized spacial score (nSPS) is 10.4. The van der Waals surface area contributed by atoms with Gasteiger partial charge >= 0.3 is 5.97 Å². The molecule has 0 fully saturated rings. The molecule has 1 aromatic heterocycles. The second kappa shape index (κ2) is 6.95. The number of aromatic carboxylic acids is 1. The van der Waals surface area contributed by atoms with Gasteiger partial charge in [-0.3, -0.25) is 4.79 Å². The Kier molecular flexibility index (Phi) is 5.00. The third kappa shape index (κ3) is 4.32. The molecule has 0 atom stereocenters. The van der Waals surface area contributed by atoms with Crippen molar-refractivity contribution in [2.24, 2.45) is 0 Å². The maximum absolute atomic E-state index is 13.5. The number of carboxylic acid groups (broad SMARTS) is 1. The molecule has 1 heterocycles. The van der Waals surface area contributed by atoms with Crippen LogP contribution < -0.4 is 10.1 Å². The van der Waals surface area contributed by atoms with Crippen molar-refractivity contribution in [1.82, 2.24) is 5.32 Å². The molecule has 6 nitrogen and oxygen atoms in total. The number of nitrogens with one attached hydrogen (secondary N) is 1. The average molecular weight is 321 g/mol. The lowest BCUT2D eigenvalue weighted by Gasteiger charge is -2.08. The molecule has 2 aromatic rings. The Hall–Kier alpha value is -2.83. The fourth-order valence-corrected chi connectivity index (χ4v) is 1.94. The van der Waals surface area contributed by atoms with E-state index in [4.69, 9.17) is 14.3 Å². The molecule has 0 unspecified atom stereocenters. The molecular weight excluding hydrogens is 305 g/mol. The first kappa shape index (κ1) is 16.5. The van der Waals surface area contributed by atoms with Gasteiger partial charge in [-0.25, -0.2) is 9.18 Å². The van der Waals surface area contributed by atoms with Gasteiger partial charge in [0.25, 0.3) is 5.91 Å². The number of hydrogen-bond acceptors (Lipinski definition) is 4. The van der Waals surface area contributed by atoms with E-state index in [0.717, 1.165) is 5.56 Å². The monoisotopic (exact) mass is 321 g/mol. The van der Waals surface area contributed by atoms with Crippen molar-refractivity contribution >= 4 is 11.9 Å². The Morgan fingerprint density at radius 1 is 1.30 bits per heavy atom. The van der Waals surface area contributed by atoms with Crippen LogP contribution in [0.4, 0.5) is 4.39 Å². The smallest absolute Gasteiger partial charge is 0.339 e. The molecule has 0 spiro atoms. The summed E-state index contributed by atoms with van der Waals surface area (Å²) in [6.07, 6.45) is 0. The SMILES string of the molecule is Cc1ccc(F)c(OCC(=O)NCc2cc(C(=O)O)c(C)o2)c1. The standard InChI is InChI=1S/C16H16FNO5/c1-9-3-4-13(17)14(5-9)22-8-15(19)18-7-11-6-12(16(20)21)10(2)23-11/h3-6H,7-8H2,1-2H3,(H,18,19)(H,20,21). The van der Waals surface area contributed by atoms with E-state index in [1.165, 1.54) is 25.1 Å². The summed E-state index contributed by atoms with van der Waals surface area (Å²) in [5.41, 5.74) is 0.862. The van der Waals surface area contributed by atoms with Gasteiger partial charge in [-0.2, -0.15) is 0 Å². The van der Waals surface area contributed by atoms with Crippen LogP contribution in [0.25, 0.3) is 0 Å². The van der Waals surface area contributed by atoms with E-state index in [0.29, 0.717) is 5.76 Å². The number of furan rings is 1. The molecule has 0 radical (unpaired) electrons. The highest BCUT2D eigenvalue weighted by Crippen LogP contribution is 2.18. The number of carbonyl (C=O) groups is 2. The summed E-state index contributed by atoms with van der Waals surface area (Å²) < 4.78 is 23.8. The van der Waals surface area contributed by atoms with Crippen LogP contribution in [0.5, 0.6) is 5.75 Å². The van der Waals surface area contributed by atoms with E-state index in [1.807, 2.05) is 0 Å². The summed E-state index contributed by atoms with van der Waals surface area (Å²) in [7, 11) is 0. The highest BCUT2D eigenvalue weighted by molar-refractivity contribution is 5.88. The fraction of sp³-hybridized carbons (Fsp3) is 0.250. The number of amides is 1. The minimum absolute atomic E-state index is 0.00200. The maximum Gasteiger partial charge on any atom is 0.339 e. The number of ether oxygens (including phenoxy) is 1. The highest BCUT2D eigenvalue weighted by Gasteiger charge is 2.14. The zero-order chi connectivity index (χ0) is 17.0. The molecule has 1 aromatic carbocycles. The molecule has 0 aliphatic carbocycles. The Morgan fingerprint density at radius 2 is 2.04 bits per heavy atom. The molecule has 0 saturated heterocycles. The molecule has 122 valence electrons. The van der Waals surface area contributed by atoms with Crippen LogP contribution >= 0.6 is 0 Å². The topological polar surface area (TPSA) is 88.8 Å². The van der Waals surface area contributed by atoms with E-state index in [2.05, 4.69) is 5.32 Å². The van der Waals surface area contributed by atoms with Gasteiger partial charge in [-0.05, 0) is 37.6 Å². The second-order valence-corrected chi connectivity index (χ2v) is 4.99. The predicted octanol–water partition coefficient (Wildman–Crippen LogP) is 2.43. The largest absolute Gasteiger partial charge is 0.481 e. The molecule has 7 heteroatoms. The number of hydrogen-bond donors (Lipinski definition) is 2. The van der Waals surface area contributed by atoms with Gasteiger partial charge in [-0.1, -0.05) is 6.07 Å². The van der Waals surface area contributed by atoms with Crippen LogP contribution in [-0.2, 0) is 11.3 Å². The van der Waals surface area contributed by atoms with Crippen LogP contribution in [0.15, 0.2) is 28.7 Å². The molecule has 1 amide bonds. The van der Waals surface area contributed by atoms with Crippen LogP contribution in [0.3, 0.4) is 0 Å². The third-order valence-corrected chi connectivity index (χ3v) is 3.10. The summed E-state index contributed by atoms with van der Waals surface area (Å²) in [6.45, 7) is 2.97. The molecule has 23 heavy (non-hydrogen) atoms. The Balaban J connectivity index is 1.87. The quantitative estimate of drug-likeness (QED) is 0.853. The fourth-order valence-electron chi connectivity index (χ4n) is 1.94. The summed E-state index contributed by atoms with van der Waals surface area (Å²) in [4.78, 5) is 22.6. The molecule has 2 rings (SSSR count). The second-order valence-electron chi connectivity index (χ2n) is 4.99. The first-order valence-electron chi connectivity index (χ1n) is 6.85. The van der Waals surface area contributed by atoms with Crippen LogP contribution in [0.2, 0.25) is 0 Å². The van der Waals surface area contributed by atoms with Crippen molar-refractivity contribution in [3.05, 3.63) is 52.7 Å². The number of halogens is 1. The van der Waals surface area contributed by atoms with Crippen molar-refractivity contribution in [2.75, 3.05) is 6.61 Å². The Labute approximate surface area is 131 Å². The van der Waals surface area contributed by atoms with Crippen molar-refractivity contribution in [3.63, 3.8) is 0 Å². The van der Waals surface area contributed by atoms with Crippen LogP contribution in [0.1, 0.15) is 27.4 Å². The van der Waals surface area contributed by atoms with Gasteiger partial charge in [0.1, 0.15) is 17.1 Å². The van der Waals surface area contributed by atoms with E-state index >= 15 is 0 Å². The number of carbonyl (C=O) groups excluding carboxylic acids is 1. The Bertz CT molecular complexity index is 738. The van der Waals surface area contributed by atoms with Gasteiger partial charge in [0.05, 0.1) is 6.54 Å². The molecule has 0 aliphatic rings. The first-order valence-corrected chi connectivity index (χ1v) is 6.85. The predicted molar refractivity (Wildman–Crippen MR) is 78.9 cm³/mol. The van der Waals surface area contributed by atoms with Crippen LogP contribution in [0, 0.1) is 19.7 Å². The van der Waals surface area contributed by atoms with E-state index in [1.54, 1.807) is 13.0 Å². The van der Waals surface area contributed by atoms with Gasteiger partial charge in [-0.15, -0.1) is 0 Å². The number of carboxylic acids is 1. The lowest BCUT2D eigenvalue weighted by Crippen LogP contribution is -2.28. The Morgan fingerprint density at radius 3 is 2.70 bits per heavy atom. The van der Waals surface area contributed by atoms with Crippen LogP contribution in [-0.4, -0.2) is 23.6 Å². The lowest BCUT2D eigenvalue weighted by atomic mass is 10.2. The minimum atomic E-state index is -1.10. The first-order chi connectivity index (χ1) is 10.9. The zero-order valence-electron chi connectivity index (χ0n) is 12.7. The van der Waals surface area contributed by atoms with E-state index in [9.17, 15) is 14.0 Å². The van der Waals surface area contributed by atoms with Gasteiger partial charge < -0.3 is 19.6 Å². The van der Waals surface area contributed by atoms with Gasteiger partial charge in [0.2, 0.25) is 0 Å². The molecule has 2 N–H and O–H groups in total.